The molecule has 0 bridgehead atoms. The molecule has 2 unspecified atom stereocenters. The fourth-order valence-electron chi connectivity index (χ4n) is 1.53. The van der Waals surface area contributed by atoms with Crippen molar-refractivity contribution >= 4 is 33.3 Å². The van der Waals surface area contributed by atoms with Gasteiger partial charge in [-0.15, -0.1) is 0 Å². The van der Waals surface area contributed by atoms with Crippen molar-refractivity contribution in [3.63, 3.8) is 0 Å². The summed E-state index contributed by atoms with van der Waals surface area (Å²) >= 11 is 0. The SMILES string of the molecule is C=CC(=O)OCC(CCC)[SiH](C)O[SiH2]O[Si](C)(C)C. The van der Waals surface area contributed by atoms with E-state index in [0.29, 0.717) is 12.1 Å². The number of hydrogen-bond donors (Lipinski definition) is 0. The highest BCUT2D eigenvalue weighted by Crippen LogP contribution is 2.19. The lowest BCUT2D eigenvalue weighted by molar-refractivity contribution is -0.137. The molecule has 0 aromatic carbocycles. The van der Waals surface area contributed by atoms with E-state index in [4.69, 9.17) is 13.0 Å². The summed E-state index contributed by atoms with van der Waals surface area (Å²) in [6.07, 6.45) is 3.33. The topological polar surface area (TPSA) is 44.8 Å². The van der Waals surface area contributed by atoms with Crippen LogP contribution in [0.5, 0.6) is 0 Å². The molecule has 4 nitrogen and oxygen atoms in total. The van der Waals surface area contributed by atoms with Crippen LogP contribution in [0.4, 0.5) is 0 Å². The Labute approximate surface area is 122 Å². The van der Waals surface area contributed by atoms with Crippen LogP contribution in [0.1, 0.15) is 19.8 Å². The molecule has 0 rings (SSSR count). The van der Waals surface area contributed by atoms with Crippen LogP contribution in [-0.4, -0.2) is 39.9 Å². The number of esters is 1. The third kappa shape index (κ3) is 10.3. The normalized spacial score (nSPS) is 15.4. The molecule has 0 aliphatic carbocycles. The molecular formula is C12H28O4Si3. The van der Waals surface area contributed by atoms with Gasteiger partial charge in [-0.2, -0.15) is 0 Å². The average Bonchev–Trinajstić information content (AvgIpc) is 2.32. The Morgan fingerprint density at radius 2 is 2.11 bits per heavy atom. The number of carbonyl (C=O) groups excluding carboxylic acids is 1. The first-order valence-corrected chi connectivity index (χ1v) is 13.7. The van der Waals surface area contributed by atoms with Crippen LogP contribution in [-0.2, 0) is 17.8 Å². The molecule has 0 N–H and O–H groups in total. The molecule has 0 aliphatic heterocycles. The van der Waals surface area contributed by atoms with Crippen LogP contribution in [0.25, 0.3) is 0 Å². The van der Waals surface area contributed by atoms with Crippen LogP contribution in [0.3, 0.4) is 0 Å². The number of hydrogen-bond acceptors (Lipinski definition) is 4. The molecule has 0 fully saturated rings. The van der Waals surface area contributed by atoms with Crippen LogP contribution in [0, 0.1) is 0 Å². The van der Waals surface area contributed by atoms with Gasteiger partial charge < -0.3 is 13.0 Å². The van der Waals surface area contributed by atoms with Gasteiger partial charge in [-0.1, -0.05) is 19.9 Å². The average molecular weight is 321 g/mol. The minimum Gasteiger partial charge on any atom is -0.462 e. The van der Waals surface area contributed by atoms with Crippen molar-refractivity contribution < 1.29 is 17.8 Å². The highest BCUT2D eigenvalue weighted by Gasteiger charge is 2.22. The highest BCUT2D eigenvalue weighted by atomic mass is 28.4. The predicted octanol–water partition coefficient (Wildman–Crippen LogP) is 2.11. The molecule has 19 heavy (non-hydrogen) atoms. The fraction of sp³-hybridized carbons (Fsp3) is 0.750. The van der Waals surface area contributed by atoms with Crippen LogP contribution in [0.2, 0.25) is 31.7 Å². The lowest BCUT2D eigenvalue weighted by Crippen LogP contribution is -2.33. The van der Waals surface area contributed by atoms with E-state index in [9.17, 15) is 4.79 Å². The lowest BCUT2D eigenvalue weighted by atomic mass is 10.2. The molecule has 7 heteroatoms. The van der Waals surface area contributed by atoms with Crippen molar-refractivity contribution in [3.05, 3.63) is 12.7 Å². The van der Waals surface area contributed by atoms with Gasteiger partial charge in [-0.25, -0.2) is 4.79 Å². The van der Waals surface area contributed by atoms with Crippen molar-refractivity contribution in [2.75, 3.05) is 6.61 Å². The molecule has 0 amide bonds. The Morgan fingerprint density at radius 1 is 1.47 bits per heavy atom. The molecule has 2 atom stereocenters. The van der Waals surface area contributed by atoms with E-state index in [1.165, 1.54) is 6.08 Å². The van der Waals surface area contributed by atoms with E-state index in [2.05, 4.69) is 39.7 Å². The molecule has 0 spiro atoms. The summed E-state index contributed by atoms with van der Waals surface area (Å²) in [6.45, 7) is 14.7. The van der Waals surface area contributed by atoms with Gasteiger partial charge in [0.25, 0.3) is 10.0 Å². The fourth-order valence-corrected chi connectivity index (χ4v) is 6.94. The first-order chi connectivity index (χ1) is 8.80. The van der Waals surface area contributed by atoms with Gasteiger partial charge in [0.05, 0.1) is 6.61 Å². The Morgan fingerprint density at radius 3 is 2.58 bits per heavy atom. The molecule has 0 aromatic heterocycles. The van der Waals surface area contributed by atoms with Crippen LogP contribution >= 0.6 is 0 Å². The second kappa shape index (κ2) is 9.65. The third-order valence-electron chi connectivity index (χ3n) is 2.75. The number of ether oxygens (including phenoxy) is 1. The summed E-state index contributed by atoms with van der Waals surface area (Å²) in [5, 5.41) is 0. The minimum atomic E-state index is -1.46. The van der Waals surface area contributed by atoms with Crippen LogP contribution < -0.4 is 0 Å². The quantitative estimate of drug-likeness (QED) is 0.351. The smallest absolute Gasteiger partial charge is 0.330 e. The Bertz CT molecular complexity index is 279. The van der Waals surface area contributed by atoms with Gasteiger partial charge in [0, 0.05) is 11.6 Å². The maximum Gasteiger partial charge on any atom is 0.330 e. The van der Waals surface area contributed by atoms with E-state index in [0.717, 1.165) is 12.8 Å². The van der Waals surface area contributed by atoms with E-state index < -0.39 is 27.4 Å². The predicted molar refractivity (Wildman–Crippen MR) is 86.9 cm³/mol. The first-order valence-electron chi connectivity index (χ1n) is 6.85. The highest BCUT2D eigenvalue weighted by molar-refractivity contribution is 6.74. The zero-order valence-electron chi connectivity index (χ0n) is 12.9. The maximum atomic E-state index is 11.1. The third-order valence-corrected chi connectivity index (χ3v) is 11.2. The van der Waals surface area contributed by atoms with Gasteiger partial charge in [-0.3, -0.25) is 0 Å². The van der Waals surface area contributed by atoms with Gasteiger partial charge in [0.15, 0.2) is 17.4 Å². The molecule has 0 heterocycles. The van der Waals surface area contributed by atoms with Crippen molar-refractivity contribution in [1.29, 1.82) is 0 Å². The summed E-state index contributed by atoms with van der Waals surface area (Å²) in [5.74, 6) is -0.349. The lowest BCUT2D eigenvalue weighted by Gasteiger charge is -2.24. The van der Waals surface area contributed by atoms with Gasteiger partial charge in [-0.05, 0) is 32.6 Å². The largest absolute Gasteiger partial charge is 0.462 e. The van der Waals surface area contributed by atoms with E-state index in [1.807, 2.05) is 0 Å². The number of carbonyl (C=O) groups is 1. The van der Waals surface area contributed by atoms with Gasteiger partial charge in [0.2, 0.25) is 0 Å². The Kier molecular flexibility index (Phi) is 9.54. The van der Waals surface area contributed by atoms with E-state index in [-0.39, 0.29) is 5.97 Å². The summed E-state index contributed by atoms with van der Waals surface area (Å²) in [4.78, 5) is 11.1. The molecule has 0 radical (unpaired) electrons. The summed E-state index contributed by atoms with van der Waals surface area (Å²) in [5.41, 5.74) is 0.367. The minimum absolute atomic E-state index is 0.349. The monoisotopic (exact) mass is 320 g/mol. The maximum absolute atomic E-state index is 11.1. The van der Waals surface area contributed by atoms with Crippen molar-refractivity contribution in [2.45, 2.75) is 51.5 Å². The van der Waals surface area contributed by atoms with Gasteiger partial charge in [0.1, 0.15) is 0 Å². The molecular weight excluding hydrogens is 292 g/mol. The second-order valence-corrected chi connectivity index (χ2v) is 14.9. The second-order valence-electron chi connectivity index (χ2n) is 5.63. The van der Waals surface area contributed by atoms with E-state index >= 15 is 0 Å². The van der Waals surface area contributed by atoms with Crippen LogP contribution in [0.15, 0.2) is 12.7 Å². The zero-order chi connectivity index (χ0) is 14.9. The van der Waals surface area contributed by atoms with Crippen molar-refractivity contribution in [3.8, 4) is 0 Å². The summed E-state index contributed by atoms with van der Waals surface area (Å²) in [7, 11) is -3.68. The standard InChI is InChI=1S/C12H28O4Si3/c1-7-9-11(10-14-12(13)8-2)18(3)15-17-16-19(4,5)6/h8,11,18H,2,7,9-10,17H2,1,3-6H3. The summed E-state index contributed by atoms with van der Waals surface area (Å²) < 4.78 is 17.0. The Balaban J connectivity index is 4.13. The molecule has 0 saturated heterocycles. The van der Waals surface area contributed by atoms with Crippen molar-refractivity contribution in [2.24, 2.45) is 0 Å². The molecule has 0 aromatic rings. The first kappa shape index (κ1) is 18.8. The summed E-state index contributed by atoms with van der Waals surface area (Å²) in [6, 6.07) is 0. The van der Waals surface area contributed by atoms with Gasteiger partial charge >= 0.3 is 5.97 Å². The van der Waals surface area contributed by atoms with Crippen molar-refractivity contribution in [1.82, 2.24) is 0 Å². The number of rotatable bonds is 10. The molecule has 0 aliphatic rings. The molecule has 0 saturated carbocycles. The van der Waals surface area contributed by atoms with E-state index in [1.54, 1.807) is 0 Å². The zero-order valence-corrected chi connectivity index (χ0v) is 16.5. The molecule has 112 valence electrons. The Hall–Kier alpha value is -0.219.